The van der Waals surface area contributed by atoms with E-state index >= 15 is 0 Å². The first-order valence-electron chi connectivity index (χ1n) is 6.17. The fourth-order valence-electron chi connectivity index (χ4n) is 1.96. The van der Waals surface area contributed by atoms with E-state index in [4.69, 9.17) is 10.5 Å². The van der Waals surface area contributed by atoms with Gasteiger partial charge in [0.2, 0.25) is 0 Å². The van der Waals surface area contributed by atoms with Crippen LogP contribution in [0.25, 0.3) is 17.1 Å². The van der Waals surface area contributed by atoms with Crippen LogP contribution in [0.15, 0.2) is 46.9 Å². The highest BCUT2D eigenvalue weighted by Gasteiger charge is 2.12. The quantitative estimate of drug-likeness (QED) is 0.738. The molecule has 0 aliphatic rings. The molecule has 0 unspecified atom stereocenters. The topological polar surface area (TPSA) is 78.8 Å². The number of hydrogen-bond donors (Lipinski definition) is 1. The lowest BCUT2D eigenvalue weighted by atomic mass is 10.2. The minimum absolute atomic E-state index is 0.645. The van der Waals surface area contributed by atoms with Crippen LogP contribution in [-0.2, 0) is 0 Å². The van der Waals surface area contributed by atoms with Crippen LogP contribution in [-0.4, -0.2) is 27.3 Å². The minimum atomic E-state index is 0.645. The van der Waals surface area contributed by atoms with Crippen molar-refractivity contribution in [2.75, 3.05) is 12.8 Å². The number of rotatable bonds is 3. The number of methoxy groups -OCH3 is 1. The predicted octanol–water partition coefficient (Wildman–Crippen LogP) is 2.68. The molecule has 0 aliphatic carbocycles. The van der Waals surface area contributed by atoms with Crippen LogP contribution in [0.5, 0.6) is 5.75 Å². The molecule has 0 saturated heterocycles. The summed E-state index contributed by atoms with van der Waals surface area (Å²) in [5, 5.41) is 11.9. The maximum absolute atomic E-state index is 5.70. The Morgan fingerprint density at radius 2 is 1.90 bits per heavy atom. The number of nitrogens with two attached hydrogens (primary N) is 1. The normalized spacial score (nSPS) is 10.6. The highest BCUT2D eigenvalue weighted by Crippen LogP contribution is 2.28. The Labute approximate surface area is 129 Å². The Hall–Kier alpha value is -2.41. The fourth-order valence-corrected chi connectivity index (χ4v) is 2.49. The number of halogens is 1. The van der Waals surface area contributed by atoms with Gasteiger partial charge in [-0.1, -0.05) is 0 Å². The standard InChI is InChI=1S/C14H12BrN5O/c1-21-13-7-6-11(8-12(13)15)20-14(17-18-19-20)9-2-4-10(16)5-3-9/h2-8H,16H2,1H3. The van der Waals surface area contributed by atoms with E-state index in [0.29, 0.717) is 11.5 Å². The molecular formula is C14H12BrN5O. The molecule has 0 fully saturated rings. The van der Waals surface area contributed by atoms with E-state index in [1.165, 1.54) is 0 Å². The summed E-state index contributed by atoms with van der Waals surface area (Å²) in [5.74, 6) is 1.40. The summed E-state index contributed by atoms with van der Waals surface area (Å²) in [6.45, 7) is 0. The van der Waals surface area contributed by atoms with Crippen LogP contribution in [0.1, 0.15) is 0 Å². The second-order valence-corrected chi connectivity index (χ2v) is 5.21. The van der Waals surface area contributed by atoms with E-state index in [9.17, 15) is 0 Å². The second kappa shape index (κ2) is 5.53. The van der Waals surface area contributed by atoms with Gasteiger partial charge in [-0.05, 0) is 68.8 Å². The Kier molecular flexibility index (Phi) is 3.57. The van der Waals surface area contributed by atoms with Gasteiger partial charge in [0.05, 0.1) is 17.3 Å². The van der Waals surface area contributed by atoms with E-state index in [1.54, 1.807) is 11.8 Å². The van der Waals surface area contributed by atoms with Crippen LogP contribution in [0, 0.1) is 0 Å². The molecule has 6 nitrogen and oxygen atoms in total. The zero-order valence-corrected chi connectivity index (χ0v) is 12.8. The summed E-state index contributed by atoms with van der Waals surface area (Å²) in [4.78, 5) is 0. The monoisotopic (exact) mass is 345 g/mol. The Morgan fingerprint density at radius 3 is 2.57 bits per heavy atom. The van der Waals surface area contributed by atoms with Crippen molar-refractivity contribution in [3.8, 4) is 22.8 Å². The number of hydrogen-bond acceptors (Lipinski definition) is 5. The average Bonchev–Trinajstić information content (AvgIpc) is 2.97. The number of ether oxygens (including phenoxy) is 1. The van der Waals surface area contributed by atoms with Gasteiger partial charge < -0.3 is 10.5 Å². The molecule has 0 spiro atoms. The van der Waals surface area contributed by atoms with Crippen molar-refractivity contribution in [2.45, 2.75) is 0 Å². The van der Waals surface area contributed by atoms with Crippen LogP contribution in [0.2, 0.25) is 0 Å². The molecule has 2 N–H and O–H groups in total. The van der Waals surface area contributed by atoms with Gasteiger partial charge in [0, 0.05) is 11.3 Å². The molecule has 0 aliphatic heterocycles. The number of anilines is 1. The molecule has 1 aromatic heterocycles. The molecule has 21 heavy (non-hydrogen) atoms. The minimum Gasteiger partial charge on any atom is -0.496 e. The molecule has 0 saturated carbocycles. The maximum Gasteiger partial charge on any atom is 0.187 e. The third-order valence-corrected chi connectivity index (χ3v) is 3.64. The highest BCUT2D eigenvalue weighted by molar-refractivity contribution is 9.10. The third kappa shape index (κ3) is 2.59. The molecule has 2 aromatic carbocycles. The van der Waals surface area contributed by atoms with Crippen molar-refractivity contribution in [1.29, 1.82) is 0 Å². The summed E-state index contributed by atoms with van der Waals surface area (Å²) in [5.41, 5.74) is 8.12. The molecule has 0 atom stereocenters. The number of aromatic nitrogens is 4. The maximum atomic E-state index is 5.70. The predicted molar refractivity (Wildman–Crippen MR) is 83.3 cm³/mol. The van der Waals surface area contributed by atoms with E-state index < -0.39 is 0 Å². The van der Waals surface area contributed by atoms with Crippen LogP contribution in [0.3, 0.4) is 0 Å². The smallest absolute Gasteiger partial charge is 0.187 e. The van der Waals surface area contributed by atoms with Crippen molar-refractivity contribution >= 4 is 21.6 Å². The van der Waals surface area contributed by atoms with Crippen LogP contribution >= 0.6 is 15.9 Å². The van der Waals surface area contributed by atoms with Crippen LogP contribution < -0.4 is 10.5 Å². The number of benzene rings is 2. The van der Waals surface area contributed by atoms with Gasteiger partial charge in [0.15, 0.2) is 5.82 Å². The molecular weight excluding hydrogens is 334 g/mol. The molecule has 3 aromatic rings. The summed E-state index contributed by atoms with van der Waals surface area (Å²) < 4.78 is 7.72. The first kappa shape index (κ1) is 13.6. The number of nitrogen functional groups attached to an aromatic ring is 1. The second-order valence-electron chi connectivity index (χ2n) is 4.36. The van der Waals surface area contributed by atoms with Gasteiger partial charge in [0.1, 0.15) is 5.75 Å². The Morgan fingerprint density at radius 1 is 1.14 bits per heavy atom. The lowest BCUT2D eigenvalue weighted by molar-refractivity contribution is 0.412. The molecule has 0 bridgehead atoms. The third-order valence-electron chi connectivity index (χ3n) is 3.02. The summed E-state index contributed by atoms with van der Waals surface area (Å²) in [6.07, 6.45) is 0. The van der Waals surface area contributed by atoms with Gasteiger partial charge >= 0.3 is 0 Å². The summed E-state index contributed by atoms with van der Waals surface area (Å²) >= 11 is 3.46. The van der Waals surface area contributed by atoms with Crippen molar-refractivity contribution in [3.05, 3.63) is 46.9 Å². The molecule has 0 amide bonds. The number of nitrogens with zero attached hydrogens (tertiary/aromatic N) is 4. The average molecular weight is 346 g/mol. The summed E-state index contributed by atoms with van der Waals surface area (Å²) in [7, 11) is 1.62. The Bertz CT molecular complexity index is 769. The van der Waals surface area contributed by atoms with Crippen LogP contribution in [0.4, 0.5) is 5.69 Å². The zero-order valence-electron chi connectivity index (χ0n) is 11.2. The van der Waals surface area contributed by atoms with Crippen molar-refractivity contribution in [3.63, 3.8) is 0 Å². The molecule has 7 heteroatoms. The fraction of sp³-hybridized carbons (Fsp3) is 0.0714. The van der Waals surface area contributed by atoms with E-state index in [1.807, 2.05) is 42.5 Å². The number of tetrazole rings is 1. The first-order chi connectivity index (χ1) is 10.2. The lowest BCUT2D eigenvalue weighted by Gasteiger charge is -2.08. The highest BCUT2D eigenvalue weighted by atomic mass is 79.9. The largest absolute Gasteiger partial charge is 0.496 e. The van der Waals surface area contributed by atoms with Gasteiger partial charge in [-0.3, -0.25) is 0 Å². The van der Waals surface area contributed by atoms with Crippen molar-refractivity contribution < 1.29 is 4.74 Å². The summed E-state index contributed by atoms with van der Waals surface area (Å²) in [6, 6.07) is 13.0. The SMILES string of the molecule is COc1ccc(-n2nnnc2-c2ccc(N)cc2)cc1Br. The van der Waals surface area contributed by atoms with Gasteiger partial charge in [-0.15, -0.1) is 5.10 Å². The van der Waals surface area contributed by atoms with Crippen molar-refractivity contribution in [2.24, 2.45) is 0 Å². The van der Waals surface area contributed by atoms with E-state index in [2.05, 4.69) is 31.5 Å². The van der Waals surface area contributed by atoms with E-state index in [-0.39, 0.29) is 0 Å². The zero-order chi connectivity index (χ0) is 14.8. The molecule has 0 radical (unpaired) electrons. The van der Waals surface area contributed by atoms with Gasteiger partial charge in [0.25, 0.3) is 0 Å². The molecule has 106 valence electrons. The van der Waals surface area contributed by atoms with Gasteiger partial charge in [-0.25, -0.2) is 0 Å². The molecule has 3 rings (SSSR count). The lowest BCUT2D eigenvalue weighted by Crippen LogP contribution is -2.00. The van der Waals surface area contributed by atoms with E-state index in [0.717, 1.165) is 21.5 Å². The molecule has 1 heterocycles. The van der Waals surface area contributed by atoms with Crippen molar-refractivity contribution in [1.82, 2.24) is 20.2 Å². The van der Waals surface area contributed by atoms with Gasteiger partial charge in [-0.2, -0.15) is 4.68 Å². The Balaban J connectivity index is 2.06. The first-order valence-corrected chi connectivity index (χ1v) is 6.96.